The lowest BCUT2D eigenvalue weighted by Gasteiger charge is -2.40. The molecule has 3 rings (SSSR count). The molecule has 34 heavy (non-hydrogen) atoms. The highest BCUT2D eigenvalue weighted by Gasteiger charge is 2.52. The van der Waals surface area contributed by atoms with Crippen LogP contribution in [0.1, 0.15) is 44.5 Å². The molecule has 1 aromatic carbocycles. The van der Waals surface area contributed by atoms with Crippen LogP contribution in [-0.4, -0.2) is 79.5 Å². The van der Waals surface area contributed by atoms with Gasteiger partial charge in [-0.1, -0.05) is 0 Å². The van der Waals surface area contributed by atoms with Gasteiger partial charge in [0.1, 0.15) is 17.8 Å². The summed E-state index contributed by atoms with van der Waals surface area (Å²) in [5.41, 5.74) is -0.839. The van der Waals surface area contributed by atoms with E-state index in [1.165, 1.54) is 21.9 Å². The Hall–Kier alpha value is -3.05. The van der Waals surface area contributed by atoms with Crippen molar-refractivity contribution in [1.82, 2.24) is 4.90 Å². The van der Waals surface area contributed by atoms with Crippen LogP contribution in [0.25, 0.3) is 0 Å². The lowest BCUT2D eigenvalue weighted by Crippen LogP contribution is -2.60. The van der Waals surface area contributed by atoms with Crippen molar-refractivity contribution < 1.29 is 42.5 Å². The molecule has 1 aromatic rings. The third-order valence-corrected chi connectivity index (χ3v) is 5.12. The highest BCUT2D eigenvalue weighted by molar-refractivity contribution is 6.03. The normalized spacial score (nSPS) is 21.3. The summed E-state index contributed by atoms with van der Waals surface area (Å²) < 4.78 is 35.8. The number of halogens is 1. The summed E-state index contributed by atoms with van der Waals surface area (Å²) >= 11 is 0. The van der Waals surface area contributed by atoms with Gasteiger partial charge in [-0.05, 0) is 39.0 Å². The Labute approximate surface area is 196 Å². The number of nitrogens with zero attached hydrogens (tertiary/aromatic N) is 2. The van der Waals surface area contributed by atoms with Crippen LogP contribution < -0.4 is 4.90 Å². The average molecular weight is 480 g/mol. The Balaban J connectivity index is 1.90. The smallest absolute Gasteiger partial charge is 0.313 e. The number of amides is 2. The summed E-state index contributed by atoms with van der Waals surface area (Å²) in [5.74, 6) is -5.97. The van der Waals surface area contributed by atoms with Crippen molar-refractivity contribution in [3.05, 3.63) is 29.6 Å². The van der Waals surface area contributed by atoms with Crippen LogP contribution in [0.4, 0.5) is 10.1 Å². The predicted molar refractivity (Wildman–Crippen MR) is 116 cm³/mol. The van der Waals surface area contributed by atoms with Crippen molar-refractivity contribution in [3.63, 3.8) is 0 Å². The number of morpholine rings is 2. The van der Waals surface area contributed by atoms with E-state index in [1.807, 2.05) is 0 Å². The van der Waals surface area contributed by atoms with Gasteiger partial charge in [-0.15, -0.1) is 0 Å². The first-order valence-corrected chi connectivity index (χ1v) is 11.0. The first kappa shape index (κ1) is 25.6. The topological polar surface area (TPSA) is 112 Å². The van der Waals surface area contributed by atoms with Gasteiger partial charge in [-0.25, -0.2) is 4.39 Å². The number of benzene rings is 1. The zero-order valence-electron chi connectivity index (χ0n) is 19.7. The molecule has 2 heterocycles. The predicted octanol–water partition coefficient (Wildman–Crippen LogP) is 1.65. The summed E-state index contributed by atoms with van der Waals surface area (Å²) in [6.45, 7) is 7.37. The van der Waals surface area contributed by atoms with E-state index in [9.17, 15) is 23.6 Å². The minimum atomic E-state index is -2.24. The second-order valence-corrected chi connectivity index (χ2v) is 8.98. The molecule has 11 heteroatoms. The molecule has 2 amide bonds. The standard InChI is InChI=1S/C23H29FN2O8/c1-15(27)33-23(14-19(28)34-22(2,3)4)21(30)26(9-12-32-23)16-5-6-18(24)17(13-16)20(29)25-7-10-31-11-8-25/h5-6,13H,7-12,14H2,1-4H3/t23-/m0/s1. The van der Waals surface area contributed by atoms with Gasteiger partial charge in [0.2, 0.25) is 0 Å². The maximum Gasteiger partial charge on any atom is 0.313 e. The van der Waals surface area contributed by atoms with Crippen molar-refractivity contribution in [2.24, 2.45) is 0 Å². The van der Waals surface area contributed by atoms with E-state index >= 15 is 0 Å². The van der Waals surface area contributed by atoms with Crippen LogP contribution in [0.2, 0.25) is 0 Å². The van der Waals surface area contributed by atoms with Crippen molar-refractivity contribution in [2.75, 3.05) is 44.4 Å². The second-order valence-electron chi connectivity index (χ2n) is 8.98. The number of carbonyl (C=O) groups excluding carboxylic acids is 4. The first-order valence-electron chi connectivity index (χ1n) is 11.0. The monoisotopic (exact) mass is 480 g/mol. The lowest BCUT2D eigenvalue weighted by atomic mass is 10.1. The van der Waals surface area contributed by atoms with Crippen LogP contribution in [-0.2, 0) is 33.3 Å². The van der Waals surface area contributed by atoms with Crippen LogP contribution in [0.15, 0.2) is 18.2 Å². The molecule has 0 aromatic heterocycles. The molecule has 2 saturated heterocycles. The molecule has 0 unspecified atom stereocenters. The molecule has 0 aliphatic carbocycles. The highest BCUT2D eigenvalue weighted by atomic mass is 19.1. The molecular weight excluding hydrogens is 451 g/mol. The van der Waals surface area contributed by atoms with Crippen LogP contribution in [0.3, 0.4) is 0 Å². The number of ether oxygens (including phenoxy) is 4. The van der Waals surface area contributed by atoms with E-state index < -0.39 is 47.4 Å². The molecule has 0 saturated carbocycles. The summed E-state index contributed by atoms with van der Waals surface area (Å²) in [5, 5.41) is 0. The third kappa shape index (κ3) is 5.89. The fourth-order valence-corrected chi connectivity index (χ4v) is 3.73. The van der Waals surface area contributed by atoms with Crippen LogP contribution in [0.5, 0.6) is 0 Å². The summed E-state index contributed by atoms with van der Waals surface area (Å²) in [6, 6.07) is 3.69. The van der Waals surface area contributed by atoms with Crippen molar-refractivity contribution in [3.8, 4) is 0 Å². The Kier molecular flexibility index (Phi) is 7.57. The van der Waals surface area contributed by atoms with Crippen LogP contribution >= 0.6 is 0 Å². The number of rotatable bonds is 5. The zero-order valence-corrected chi connectivity index (χ0v) is 19.7. The molecule has 0 spiro atoms. The molecule has 0 bridgehead atoms. The lowest BCUT2D eigenvalue weighted by molar-refractivity contribution is -0.236. The second kappa shape index (κ2) is 10.1. The van der Waals surface area contributed by atoms with Crippen molar-refractivity contribution in [2.45, 2.75) is 45.5 Å². The van der Waals surface area contributed by atoms with E-state index in [0.717, 1.165) is 13.0 Å². The quantitative estimate of drug-likeness (QED) is 0.585. The summed E-state index contributed by atoms with van der Waals surface area (Å²) in [7, 11) is 0. The van der Waals surface area contributed by atoms with Crippen molar-refractivity contribution >= 4 is 29.4 Å². The van der Waals surface area contributed by atoms with Gasteiger partial charge in [-0.3, -0.25) is 19.2 Å². The Morgan fingerprint density at radius 1 is 1.12 bits per heavy atom. The van der Waals surface area contributed by atoms with Gasteiger partial charge in [-0.2, -0.15) is 0 Å². The highest BCUT2D eigenvalue weighted by Crippen LogP contribution is 2.31. The summed E-state index contributed by atoms with van der Waals surface area (Å²) in [4.78, 5) is 53.3. The molecule has 2 aliphatic rings. The maximum atomic E-state index is 14.6. The average Bonchev–Trinajstić information content (AvgIpc) is 2.74. The molecular formula is C23H29FN2O8. The van der Waals surface area contributed by atoms with Gasteiger partial charge in [0, 0.05) is 32.2 Å². The largest absolute Gasteiger partial charge is 0.460 e. The van der Waals surface area contributed by atoms with Gasteiger partial charge in [0.15, 0.2) is 0 Å². The molecule has 1 atom stereocenters. The van der Waals surface area contributed by atoms with E-state index in [0.29, 0.717) is 26.3 Å². The minimum Gasteiger partial charge on any atom is -0.460 e. The summed E-state index contributed by atoms with van der Waals surface area (Å²) in [6.07, 6.45) is -0.667. The Morgan fingerprint density at radius 3 is 2.41 bits per heavy atom. The van der Waals surface area contributed by atoms with E-state index in [2.05, 4.69) is 0 Å². The fraction of sp³-hybridized carbons (Fsp3) is 0.565. The van der Waals surface area contributed by atoms with E-state index in [1.54, 1.807) is 20.8 Å². The van der Waals surface area contributed by atoms with Gasteiger partial charge < -0.3 is 28.7 Å². The fourth-order valence-electron chi connectivity index (χ4n) is 3.73. The number of esters is 2. The Morgan fingerprint density at radius 2 is 1.79 bits per heavy atom. The third-order valence-electron chi connectivity index (χ3n) is 5.12. The number of hydrogen-bond acceptors (Lipinski definition) is 8. The van der Waals surface area contributed by atoms with E-state index in [-0.39, 0.29) is 24.4 Å². The van der Waals surface area contributed by atoms with Crippen molar-refractivity contribution in [1.29, 1.82) is 0 Å². The SMILES string of the molecule is CC(=O)O[C@]1(CC(=O)OC(C)(C)C)OCCN(c2ccc(F)c(C(=O)N3CCOCC3)c2)C1=O. The zero-order chi connectivity index (χ0) is 25.1. The van der Waals surface area contributed by atoms with Gasteiger partial charge in [0.05, 0.1) is 25.4 Å². The molecule has 186 valence electrons. The Bertz CT molecular complexity index is 970. The van der Waals surface area contributed by atoms with Gasteiger partial charge >= 0.3 is 23.6 Å². The first-order chi connectivity index (χ1) is 15.9. The molecule has 0 radical (unpaired) electrons. The molecule has 2 aliphatic heterocycles. The minimum absolute atomic E-state index is 0.0347. The number of anilines is 1. The van der Waals surface area contributed by atoms with Crippen LogP contribution in [0, 0.1) is 5.82 Å². The van der Waals surface area contributed by atoms with E-state index in [4.69, 9.17) is 18.9 Å². The molecule has 2 fully saturated rings. The molecule has 0 N–H and O–H groups in total. The maximum absolute atomic E-state index is 14.6. The molecule has 10 nitrogen and oxygen atoms in total. The number of carbonyl (C=O) groups is 4. The number of hydrogen-bond donors (Lipinski definition) is 0. The van der Waals surface area contributed by atoms with Gasteiger partial charge in [0.25, 0.3) is 5.91 Å².